The van der Waals surface area contributed by atoms with Crippen LogP contribution in [0.5, 0.6) is 0 Å². The molecule has 0 spiro atoms. The van der Waals surface area contributed by atoms with Crippen molar-refractivity contribution in [2.75, 3.05) is 6.54 Å². The van der Waals surface area contributed by atoms with E-state index in [9.17, 15) is 8.42 Å². The summed E-state index contributed by atoms with van der Waals surface area (Å²) >= 11 is 5.91. The van der Waals surface area contributed by atoms with Crippen LogP contribution < -0.4 is 4.72 Å². The van der Waals surface area contributed by atoms with Crippen molar-refractivity contribution in [1.29, 1.82) is 0 Å². The van der Waals surface area contributed by atoms with Crippen LogP contribution in [0.25, 0.3) is 0 Å². The Labute approximate surface area is 141 Å². The molecule has 1 aromatic carbocycles. The highest BCUT2D eigenvalue weighted by atomic mass is 35.5. The van der Waals surface area contributed by atoms with Crippen LogP contribution in [0.4, 0.5) is 0 Å². The van der Waals surface area contributed by atoms with Gasteiger partial charge in [0.1, 0.15) is 0 Å². The molecule has 0 amide bonds. The molecule has 1 N–H and O–H groups in total. The Bertz CT molecular complexity index is 815. The van der Waals surface area contributed by atoms with Crippen LogP contribution in [0.2, 0.25) is 5.02 Å². The van der Waals surface area contributed by atoms with Gasteiger partial charge in [-0.2, -0.15) is 5.10 Å². The van der Waals surface area contributed by atoms with Gasteiger partial charge in [0.05, 0.1) is 17.6 Å². The fraction of sp³-hybridized carbons (Fsp3) is 0.438. The van der Waals surface area contributed by atoms with Crippen LogP contribution in [0.1, 0.15) is 29.7 Å². The van der Waals surface area contributed by atoms with Gasteiger partial charge in [-0.1, -0.05) is 17.7 Å². The number of benzene rings is 1. The Hall–Kier alpha value is -1.37. The molecule has 0 radical (unpaired) electrons. The number of nitrogens with zero attached hydrogens (tertiary/aromatic N) is 2. The molecule has 0 bridgehead atoms. The Morgan fingerprint density at radius 2 is 2.09 bits per heavy atom. The number of sulfonamides is 1. The molecule has 124 valence electrons. The van der Waals surface area contributed by atoms with Crippen LogP contribution in [-0.4, -0.2) is 24.7 Å². The average Bonchev–Trinajstić information content (AvgIpc) is 2.93. The van der Waals surface area contributed by atoms with Gasteiger partial charge in [0.15, 0.2) is 0 Å². The maximum atomic E-state index is 12.4. The zero-order valence-electron chi connectivity index (χ0n) is 13.0. The first-order valence-corrected chi connectivity index (χ1v) is 9.63. The van der Waals surface area contributed by atoms with Gasteiger partial charge >= 0.3 is 0 Å². The predicted octanol–water partition coefficient (Wildman–Crippen LogP) is 2.70. The first-order valence-electron chi connectivity index (χ1n) is 7.77. The summed E-state index contributed by atoms with van der Waals surface area (Å²) in [5.74, 6) is 0. The predicted molar refractivity (Wildman–Crippen MR) is 90.2 cm³/mol. The Kier molecular flexibility index (Phi) is 4.75. The van der Waals surface area contributed by atoms with Gasteiger partial charge in [0, 0.05) is 17.3 Å². The summed E-state index contributed by atoms with van der Waals surface area (Å²) in [5.41, 5.74) is 3.22. The van der Waals surface area contributed by atoms with E-state index >= 15 is 0 Å². The number of halogens is 1. The van der Waals surface area contributed by atoms with Crippen molar-refractivity contribution in [1.82, 2.24) is 14.5 Å². The molecule has 5 nitrogen and oxygen atoms in total. The number of hydrogen-bond donors (Lipinski definition) is 1. The van der Waals surface area contributed by atoms with Gasteiger partial charge in [-0.25, -0.2) is 13.1 Å². The van der Waals surface area contributed by atoms with E-state index in [0.29, 0.717) is 23.7 Å². The Morgan fingerprint density at radius 1 is 1.30 bits per heavy atom. The lowest BCUT2D eigenvalue weighted by molar-refractivity contribution is 0.538. The molecule has 0 unspecified atom stereocenters. The van der Waals surface area contributed by atoms with Crippen molar-refractivity contribution in [2.24, 2.45) is 0 Å². The summed E-state index contributed by atoms with van der Waals surface area (Å²) in [7, 11) is -3.56. The van der Waals surface area contributed by atoms with E-state index in [4.69, 9.17) is 11.6 Å². The summed E-state index contributed by atoms with van der Waals surface area (Å²) in [5, 5.41) is 4.80. The molecule has 23 heavy (non-hydrogen) atoms. The summed E-state index contributed by atoms with van der Waals surface area (Å²) in [6.45, 7) is 2.60. The largest absolute Gasteiger partial charge is 0.268 e. The topological polar surface area (TPSA) is 64.0 Å². The molecule has 3 rings (SSSR count). The first-order chi connectivity index (χ1) is 11.0. The van der Waals surface area contributed by atoms with E-state index < -0.39 is 10.0 Å². The number of aryl methyl sites for hydroxylation is 2. The van der Waals surface area contributed by atoms with Crippen molar-refractivity contribution in [3.8, 4) is 0 Å². The molecule has 0 atom stereocenters. The standard InChI is InChI=1S/C16H20ClN3O2S/c1-12-6-7-14(17)10-16(12)23(21,22)19-8-9-20-15-5-3-2-4-13(15)11-18-20/h6-7,10-11,19H,2-5,8-9H2,1H3. The molecule has 2 aromatic rings. The normalized spacial score (nSPS) is 14.7. The Balaban J connectivity index is 1.68. The number of hydrogen-bond acceptors (Lipinski definition) is 3. The average molecular weight is 354 g/mol. The lowest BCUT2D eigenvalue weighted by Crippen LogP contribution is -2.28. The smallest absolute Gasteiger partial charge is 0.240 e. The lowest BCUT2D eigenvalue weighted by Gasteiger charge is -2.14. The van der Waals surface area contributed by atoms with Gasteiger partial charge in [-0.15, -0.1) is 0 Å². The number of nitrogens with one attached hydrogen (secondary N) is 1. The minimum absolute atomic E-state index is 0.229. The highest BCUT2D eigenvalue weighted by Crippen LogP contribution is 2.21. The van der Waals surface area contributed by atoms with Crippen LogP contribution in [0.15, 0.2) is 29.3 Å². The van der Waals surface area contributed by atoms with Gasteiger partial charge in [0.25, 0.3) is 0 Å². The maximum absolute atomic E-state index is 12.4. The van der Waals surface area contributed by atoms with Crippen LogP contribution in [0, 0.1) is 6.92 Å². The van der Waals surface area contributed by atoms with E-state index in [1.807, 2.05) is 10.9 Å². The molecule has 0 aliphatic heterocycles. The monoisotopic (exact) mass is 353 g/mol. The summed E-state index contributed by atoms with van der Waals surface area (Å²) in [4.78, 5) is 0.229. The highest BCUT2D eigenvalue weighted by Gasteiger charge is 2.18. The van der Waals surface area contributed by atoms with E-state index in [2.05, 4.69) is 9.82 Å². The fourth-order valence-electron chi connectivity index (χ4n) is 2.98. The zero-order chi connectivity index (χ0) is 16.4. The van der Waals surface area contributed by atoms with Crippen LogP contribution in [-0.2, 0) is 29.4 Å². The van der Waals surface area contributed by atoms with E-state index in [0.717, 1.165) is 12.8 Å². The molecule has 1 aliphatic carbocycles. The van der Waals surface area contributed by atoms with Crippen molar-refractivity contribution in [2.45, 2.75) is 44.0 Å². The van der Waals surface area contributed by atoms with Crippen molar-refractivity contribution < 1.29 is 8.42 Å². The molecule has 7 heteroatoms. The van der Waals surface area contributed by atoms with E-state index in [1.165, 1.54) is 30.2 Å². The van der Waals surface area contributed by atoms with Crippen molar-refractivity contribution >= 4 is 21.6 Å². The summed E-state index contributed by atoms with van der Waals surface area (Å²) in [6, 6.07) is 4.88. The first kappa shape index (κ1) is 16.5. The second-order valence-corrected chi connectivity index (χ2v) is 8.03. The van der Waals surface area contributed by atoms with Crippen molar-refractivity contribution in [3.05, 3.63) is 46.2 Å². The highest BCUT2D eigenvalue weighted by molar-refractivity contribution is 7.89. The van der Waals surface area contributed by atoms with Gasteiger partial charge in [0.2, 0.25) is 10.0 Å². The molecule has 0 saturated heterocycles. The van der Waals surface area contributed by atoms with Gasteiger partial charge in [-0.05, 0) is 55.9 Å². The fourth-order valence-corrected chi connectivity index (χ4v) is 4.50. The van der Waals surface area contributed by atoms with E-state index in [-0.39, 0.29) is 4.90 Å². The van der Waals surface area contributed by atoms with Gasteiger partial charge < -0.3 is 0 Å². The molecular weight excluding hydrogens is 334 g/mol. The summed E-state index contributed by atoms with van der Waals surface area (Å²) in [6.07, 6.45) is 6.38. The summed E-state index contributed by atoms with van der Waals surface area (Å²) < 4.78 is 29.4. The number of fused-ring (bicyclic) bond motifs is 1. The third-order valence-corrected chi connectivity index (χ3v) is 6.04. The SMILES string of the molecule is Cc1ccc(Cl)cc1S(=O)(=O)NCCn1ncc2c1CCCC2. The van der Waals surface area contributed by atoms with Crippen molar-refractivity contribution in [3.63, 3.8) is 0 Å². The minimum Gasteiger partial charge on any atom is -0.268 e. The van der Waals surface area contributed by atoms with E-state index in [1.54, 1.807) is 19.1 Å². The third-order valence-electron chi connectivity index (χ3n) is 4.20. The zero-order valence-corrected chi connectivity index (χ0v) is 14.6. The molecule has 0 saturated carbocycles. The number of rotatable bonds is 5. The second kappa shape index (κ2) is 6.63. The molecular formula is C16H20ClN3O2S. The maximum Gasteiger partial charge on any atom is 0.240 e. The second-order valence-electron chi connectivity index (χ2n) is 5.85. The molecule has 1 aromatic heterocycles. The Morgan fingerprint density at radius 3 is 2.91 bits per heavy atom. The third kappa shape index (κ3) is 3.59. The number of aromatic nitrogens is 2. The van der Waals surface area contributed by atoms with Crippen LogP contribution >= 0.6 is 11.6 Å². The molecule has 1 aliphatic rings. The van der Waals surface area contributed by atoms with Gasteiger partial charge in [-0.3, -0.25) is 4.68 Å². The van der Waals surface area contributed by atoms with Crippen LogP contribution in [0.3, 0.4) is 0 Å². The lowest BCUT2D eigenvalue weighted by atomic mass is 9.98. The molecule has 1 heterocycles. The molecule has 0 fully saturated rings. The quantitative estimate of drug-likeness (QED) is 0.898. The minimum atomic E-state index is -3.56.